The van der Waals surface area contributed by atoms with Gasteiger partial charge in [0, 0.05) is 43.7 Å². The maximum atomic E-state index is 14.4. The largest absolute Gasteiger partial charge is 0.493 e. The molecule has 0 atom stereocenters. The summed E-state index contributed by atoms with van der Waals surface area (Å²) in [6.45, 7) is 5.06. The topological polar surface area (TPSA) is 76.1 Å². The van der Waals surface area contributed by atoms with E-state index in [0.29, 0.717) is 35.8 Å². The summed E-state index contributed by atoms with van der Waals surface area (Å²) in [5.41, 5.74) is 4.49. The Kier molecular flexibility index (Phi) is 7.36. The number of nitrogens with zero attached hydrogens (tertiary/aromatic N) is 2. The van der Waals surface area contributed by atoms with E-state index in [1.54, 1.807) is 25.4 Å². The van der Waals surface area contributed by atoms with Gasteiger partial charge in [0.05, 0.1) is 38.1 Å². The van der Waals surface area contributed by atoms with Gasteiger partial charge in [-0.2, -0.15) is 0 Å². The van der Waals surface area contributed by atoms with Crippen LogP contribution in [0, 0.1) is 5.82 Å². The average Bonchev–Trinajstić information content (AvgIpc) is 2.83. The lowest BCUT2D eigenvalue weighted by atomic mass is 10.00. The minimum absolute atomic E-state index is 0.308. The maximum absolute atomic E-state index is 14.4. The van der Waals surface area contributed by atoms with Crippen LogP contribution < -0.4 is 15.0 Å². The molecule has 2 aromatic carbocycles. The van der Waals surface area contributed by atoms with Crippen LogP contribution in [0.25, 0.3) is 10.9 Å². The lowest BCUT2D eigenvalue weighted by molar-refractivity contribution is 0.0357. The number of fused-ring (bicyclic) bond motifs is 1. The van der Waals surface area contributed by atoms with Gasteiger partial charge in [-0.3, -0.25) is 20.6 Å². The van der Waals surface area contributed by atoms with Gasteiger partial charge in [-0.15, -0.1) is 0 Å². The minimum Gasteiger partial charge on any atom is -0.493 e. The van der Waals surface area contributed by atoms with Gasteiger partial charge in [-0.05, 0) is 41.8 Å². The number of nitrogens with one attached hydrogen (secondary N) is 1. The molecule has 8 heteroatoms. The van der Waals surface area contributed by atoms with Crippen LogP contribution in [-0.2, 0) is 11.2 Å². The normalized spacial score (nSPS) is 14.5. The van der Waals surface area contributed by atoms with Crippen molar-refractivity contribution in [2.24, 2.45) is 0 Å². The van der Waals surface area contributed by atoms with Gasteiger partial charge in [0.15, 0.2) is 11.5 Å². The highest BCUT2D eigenvalue weighted by Gasteiger charge is 2.14. The first-order chi connectivity index (χ1) is 15.7. The van der Waals surface area contributed by atoms with Gasteiger partial charge in [-0.25, -0.2) is 4.39 Å². The molecule has 0 radical (unpaired) electrons. The maximum Gasteiger partial charge on any atom is 0.163 e. The summed E-state index contributed by atoms with van der Waals surface area (Å²) in [5.74, 6) is 0.885. The summed E-state index contributed by atoms with van der Waals surface area (Å²) in [6, 6.07) is 10.2. The molecule has 0 spiro atoms. The molecule has 3 aromatic rings. The molecule has 1 aliphatic heterocycles. The first kappa shape index (κ1) is 22.3. The highest BCUT2D eigenvalue weighted by molar-refractivity contribution is 5.86. The molecule has 0 unspecified atom stereocenters. The summed E-state index contributed by atoms with van der Waals surface area (Å²) in [7, 11) is 1.61. The van der Waals surface area contributed by atoms with Crippen LogP contribution in [0.1, 0.15) is 17.5 Å². The summed E-state index contributed by atoms with van der Waals surface area (Å²) >= 11 is 0. The Labute approximate surface area is 186 Å². The Morgan fingerprint density at radius 3 is 2.72 bits per heavy atom. The van der Waals surface area contributed by atoms with Crippen LogP contribution >= 0.6 is 0 Å². The molecule has 0 amide bonds. The molecule has 0 aliphatic carbocycles. The zero-order valence-corrected chi connectivity index (χ0v) is 18.1. The van der Waals surface area contributed by atoms with Crippen LogP contribution in [0.5, 0.6) is 11.5 Å². The number of methoxy groups -OCH3 is 1. The van der Waals surface area contributed by atoms with Crippen LogP contribution in [0.2, 0.25) is 0 Å². The van der Waals surface area contributed by atoms with Crippen molar-refractivity contribution in [2.75, 3.05) is 52.0 Å². The SMILES string of the molecule is COc1cc2c(Cc3ccc(NO)cc3F)ccnc2cc1OCCCN1CCOCC1. The van der Waals surface area contributed by atoms with Gasteiger partial charge >= 0.3 is 0 Å². The molecular formula is C24H28FN3O4. The Balaban J connectivity index is 1.49. The molecule has 1 aliphatic rings. The van der Waals surface area contributed by atoms with Crippen LogP contribution in [0.15, 0.2) is 42.6 Å². The molecule has 170 valence electrons. The van der Waals surface area contributed by atoms with E-state index in [4.69, 9.17) is 19.4 Å². The lowest BCUT2D eigenvalue weighted by Crippen LogP contribution is -2.37. The molecule has 7 nitrogen and oxygen atoms in total. The molecule has 2 N–H and O–H groups in total. The fourth-order valence-corrected chi connectivity index (χ4v) is 3.90. The van der Waals surface area contributed by atoms with E-state index in [2.05, 4.69) is 9.88 Å². The molecular weight excluding hydrogens is 413 g/mol. The van der Waals surface area contributed by atoms with Gasteiger partial charge < -0.3 is 14.2 Å². The van der Waals surface area contributed by atoms with Gasteiger partial charge in [-0.1, -0.05) is 6.07 Å². The number of pyridine rings is 1. The molecule has 32 heavy (non-hydrogen) atoms. The molecule has 1 saturated heterocycles. The fraction of sp³-hybridized carbons (Fsp3) is 0.375. The number of aromatic nitrogens is 1. The first-order valence-corrected chi connectivity index (χ1v) is 10.7. The quantitative estimate of drug-likeness (QED) is 0.386. The van der Waals surface area contributed by atoms with Crippen molar-refractivity contribution in [3.63, 3.8) is 0 Å². The van der Waals surface area contributed by atoms with Crippen LogP contribution in [-0.4, -0.2) is 61.7 Å². The standard InChI is InChI=1S/C24H28FN3O4/c1-30-23-15-20-17(13-18-3-4-19(27-29)14-21(18)25)5-6-26-22(20)16-24(23)32-10-2-7-28-8-11-31-12-9-28/h3-6,14-16,27,29H,2,7-13H2,1H3. The summed E-state index contributed by atoms with van der Waals surface area (Å²) in [5, 5.41) is 9.84. The predicted octanol–water partition coefficient (Wildman–Crippen LogP) is 3.88. The van der Waals surface area contributed by atoms with Crippen molar-refractivity contribution in [3.05, 3.63) is 59.5 Å². The summed E-state index contributed by atoms with van der Waals surface area (Å²) in [4.78, 5) is 6.85. The second-order valence-electron chi connectivity index (χ2n) is 7.74. The Bertz CT molecular complexity index is 1060. The Hall–Kier alpha value is -2.94. The highest BCUT2D eigenvalue weighted by atomic mass is 19.1. The monoisotopic (exact) mass is 441 g/mol. The number of morpholine rings is 1. The number of benzene rings is 2. The van der Waals surface area contributed by atoms with E-state index in [1.165, 1.54) is 6.07 Å². The molecule has 0 saturated carbocycles. The number of hydrogen-bond donors (Lipinski definition) is 2. The predicted molar refractivity (Wildman–Crippen MR) is 120 cm³/mol. The van der Waals surface area contributed by atoms with Crippen LogP contribution in [0.4, 0.5) is 10.1 Å². The number of hydrogen-bond acceptors (Lipinski definition) is 7. The first-order valence-electron chi connectivity index (χ1n) is 10.7. The summed E-state index contributed by atoms with van der Waals surface area (Å²) in [6.07, 6.45) is 3.01. The summed E-state index contributed by atoms with van der Waals surface area (Å²) < 4.78 is 31.4. The van der Waals surface area contributed by atoms with Crippen molar-refractivity contribution in [1.82, 2.24) is 9.88 Å². The van der Waals surface area contributed by atoms with E-state index in [9.17, 15) is 4.39 Å². The third-order valence-corrected chi connectivity index (χ3v) is 5.66. The molecule has 4 rings (SSSR count). The lowest BCUT2D eigenvalue weighted by Gasteiger charge is -2.26. The Morgan fingerprint density at radius 2 is 1.97 bits per heavy atom. The number of anilines is 1. The van der Waals surface area contributed by atoms with E-state index in [0.717, 1.165) is 55.7 Å². The smallest absolute Gasteiger partial charge is 0.163 e. The molecule has 1 fully saturated rings. The van der Waals surface area contributed by atoms with Crippen molar-refractivity contribution in [2.45, 2.75) is 12.8 Å². The number of halogens is 1. The van der Waals surface area contributed by atoms with E-state index < -0.39 is 0 Å². The highest BCUT2D eigenvalue weighted by Crippen LogP contribution is 2.34. The Morgan fingerprint density at radius 1 is 1.12 bits per heavy atom. The zero-order chi connectivity index (χ0) is 22.3. The van der Waals surface area contributed by atoms with E-state index in [-0.39, 0.29) is 5.82 Å². The van der Waals surface area contributed by atoms with Crippen molar-refractivity contribution in [3.8, 4) is 11.5 Å². The van der Waals surface area contributed by atoms with E-state index in [1.807, 2.05) is 23.7 Å². The van der Waals surface area contributed by atoms with Crippen molar-refractivity contribution >= 4 is 16.6 Å². The van der Waals surface area contributed by atoms with Gasteiger partial charge in [0.1, 0.15) is 5.82 Å². The van der Waals surface area contributed by atoms with Crippen molar-refractivity contribution in [1.29, 1.82) is 0 Å². The minimum atomic E-state index is -0.388. The third-order valence-electron chi connectivity index (χ3n) is 5.66. The second kappa shape index (κ2) is 10.6. The van der Waals surface area contributed by atoms with Gasteiger partial charge in [0.2, 0.25) is 0 Å². The second-order valence-corrected chi connectivity index (χ2v) is 7.74. The molecule has 1 aromatic heterocycles. The number of ether oxygens (including phenoxy) is 3. The number of rotatable bonds is 9. The average molecular weight is 442 g/mol. The van der Waals surface area contributed by atoms with Crippen molar-refractivity contribution < 1.29 is 23.8 Å². The molecule has 2 heterocycles. The third kappa shape index (κ3) is 5.27. The van der Waals surface area contributed by atoms with Crippen LogP contribution in [0.3, 0.4) is 0 Å². The van der Waals surface area contributed by atoms with E-state index >= 15 is 0 Å². The van der Waals surface area contributed by atoms with Gasteiger partial charge in [0.25, 0.3) is 0 Å². The zero-order valence-electron chi connectivity index (χ0n) is 18.1. The molecule has 0 bridgehead atoms. The fourth-order valence-electron chi connectivity index (χ4n) is 3.90.